The van der Waals surface area contributed by atoms with Gasteiger partial charge in [-0.3, -0.25) is 0 Å². The predicted molar refractivity (Wildman–Crippen MR) is 52.0 cm³/mol. The van der Waals surface area contributed by atoms with E-state index in [4.69, 9.17) is 0 Å². The minimum atomic E-state index is 0.732. The lowest BCUT2D eigenvalue weighted by atomic mass is 10.1. The van der Waals surface area contributed by atoms with Crippen LogP contribution < -0.4 is 0 Å². The van der Waals surface area contributed by atoms with Gasteiger partial charge in [-0.05, 0) is 33.7 Å². The van der Waals surface area contributed by atoms with Crippen molar-refractivity contribution in [1.29, 1.82) is 0 Å². The molecule has 6 nitrogen and oxygen atoms in total. The van der Waals surface area contributed by atoms with Crippen LogP contribution in [0.5, 0.6) is 0 Å². The van der Waals surface area contributed by atoms with Gasteiger partial charge in [-0.25, -0.2) is 0 Å². The lowest BCUT2D eigenvalue weighted by Crippen LogP contribution is -1.84. The van der Waals surface area contributed by atoms with E-state index in [0.29, 0.717) is 0 Å². The van der Waals surface area contributed by atoms with Gasteiger partial charge in [-0.1, -0.05) is 25.7 Å². The van der Waals surface area contributed by atoms with E-state index in [2.05, 4.69) is 31.1 Å². The van der Waals surface area contributed by atoms with E-state index in [9.17, 15) is 0 Å². The molecular weight excluding hydrogens is 180 g/mol. The van der Waals surface area contributed by atoms with Gasteiger partial charge in [0.25, 0.3) is 0 Å². The molecule has 78 valence electrons. The molecule has 1 heterocycles. The second-order valence-corrected chi connectivity index (χ2v) is 3.21. The summed E-state index contributed by atoms with van der Waals surface area (Å²) in [6.45, 7) is 1.46. The molecule has 0 fully saturated rings. The van der Waals surface area contributed by atoms with E-state index in [-0.39, 0.29) is 0 Å². The highest BCUT2D eigenvalue weighted by atomic mass is 15.6. The summed E-state index contributed by atoms with van der Waals surface area (Å²) in [5.41, 5.74) is 0. The molecule has 14 heavy (non-hydrogen) atoms. The Balaban J connectivity index is 2.27. The summed E-state index contributed by atoms with van der Waals surface area (Å²) in [6, 6.07) is 0. The van der Waals surface area contributed by atoms with Crippen molar-refractivity contribution in [2.75, 3.05) is 13.1 Å². The van der Waals surface area contributed by atoms with Crippen LogP contribution in [0.3, 0.4) is 0 Å². The van der Waals surface area contributed by atoms with Gasteiger partial charge in [-0.15, -0.1) is 0 Å². The zero-order valence-electron chi connectivity index (χ0n) is 8.34. The van der Waals surface area contributed by atoms with Crippen LogP contribution in [0.4, 0.5) is 0 Å². The van der Waals surface area contributed by atoms with Crippen LogP contribution in [0.25, 0.3) is 0 Å². The summed E-state index contributed by atoms with van der Waals surface area (Å²) in [7, 11) is 0. The zero-order valence-corrected chi connectivity index (χ0v) is 8.34. The quantitative estimate of drug-likeness (QED) is 0.568. The summed E-state index contributed by atoms with van der Waals surface area (Å²) in [5, 5.41) is 21.4. The Morgan fingerprint density at radius 2 is 0.857 bits per heavy atom. The topological polar surface area (TPSA) is 74.2 Å². The largest absolute Gasteiger partial charge is 0.167 e. The zero-order chi connectivity index (χ0) is 9.90. The normalized spacial score (nSPS) is 20.6. The van der Waals surface area contributed by atoms with E-state index in [0.717, 1.165) is 25.9 Å². The number of hydrogen-bond donors (Lipinski definition) is 0. The first-order valence-corrected chi connectivity index (χ1v) is 5.13. The third-order valence-electron chi connectivity index (χ3n) is 2.01. The van der Waals surface area contributed by atoms with Gasteiger partial charge >= 0.3 is 0 Å². The summed E-state index contributed by atoms with van der Waals surface area (Å²) in [4.78, 5) is 0. The molecule has 1 aliphatic rings. The molecule has 0 N–H and O–H groups in total. The van der Waals surface area contributed by atoms with E-state index in [1.54, 1.807) is 0 Å². The Morgan fingerprint density at radius 3 is 1.36 bits per heavy atom. The number of rotatable bonds is 0. The van der Waals surface area contributed by atoms with Crippen molar-refractivity contribution in [3.8, 4) is 0 Å². The highest BCUT2D eigenvalue weighted by Crippen LogP contribution is 2.06. The molecular formula is C8H16N6. The average Bonchev–Trinajstić information content (AvgIpc) is 2.22. The summed E-state index contributed by atoms with van der Waals surface area (Å²) < 4.78 is 0. The SMILES string of the molecule is C1CCCCN=NN=NN=NCCC1. The van der Waals surface area contributed by atoms with Crippen LogP contribution in [0, 0.1) is 0 Å². The third-order valence-corrected chi connectivity index (χ3v) is 2.01. The third kappa shape index (κ3) is 6.33. The van der Waals surface area contributed by atoms with Gasteiger partial charge in [0.2, 0.25) is 0 Å². The number of nitrogens with zero attached hydrogens (tertiary/aromatic N) is 6. The van der Waals surface area contributed by atoms with Crippen LogP contribution in [0.15, 0.2) is 31.1 Å². The molecule has 1 rings (SSSR count). The van der Waals surface area contributed by atoms with E-state index >= 15 is 0 Å². The minimum Gasteiger partial charge on any atom is -0.167 e. The van der Waals surface area contributed by atoms with Crippen LogP contribution in [0.2, 0.25) is 0 Å². The summed E-state index contributed by atoms with van der Waals surface area (Å²) >= 11 is 0. The van der Waals surface area contributed by atoms with Crippen molar-refractivity contribution in [2.45, 2.75) is 38.5 Å². The summed E-state index contributed by atoms with van der Waals surface area (Å²) in [6.07, 6.45) is 7.15. The highest BCUT2D eigenvalue weighted by molar-refractivity contribution is 4.48. The predicted octanol–water partition coefficient (Wildman–Crippen LogP) is 3.53. The van der Waals surface area contributed by atoms with Gasteiger partial charge < -0.3 is 0 Å². The monoisotopic (exact) mass is 196 g/mol. The Labute approximate surface area is 83.6 Å². The van der Waals surface area contributed by atoms with Crippen molar-refractivity contribution < 1.29 is 0 Å². The smallest absolute Gasteiger partial charge is 0.0621 e. The average molecular weight is 196 g/mol. The lowest BCUT2D eigenvalue weighted by Gasteiger charge is -1.98. The van der Waals surface area contributed by atoms with E-state index < -0.39 is 0 Å². The molecule has 0 aromatic carbocycles. The molecule has 0 aromatic heterocycles. The fourth-order valence-corrected chi connectivity index (χ4v) is 1.25. The molecule has 0 spiro atoms. The van der Waals surface area contributed by atoms with Crippen LogP contribution in [0.1, 0.15) is 38.5 Å². The van der Waals surface area contributed by atoms with Crippen molar-refractivity contribution in [3.63, 3.8) is 0 Å². The second kappa shape index (κ2) is 8.40. The fraction of sp³-hybridized carbons (Fsp3) is 1.00. The molecule has 0 unspecified atom stereocenters. The van der Waals surface area contributed by atoms with Gasteiger partial charge in [0.1, 0.15) is 0 Å². The standard InChI is InChI=1S/C8H16N6/c1-2-4-6-8-10-12-14-13-11-9-7-5-3-1/h1-8H2. The van der Waals surface area contributed by atoms with Gasteiger partial charge in [0.15, 0.2) is 0 Å². The maximum Gasteiger partial charge on any atom is 0.0621 e. The van der Waals surface area contributed by atoms with E-state index in [1.807, 2.05) is 0 Å². The molecule has 0 saturated heterocycles. The van der Waals surface area contributed by atoms with Gasteiger partial charge in [-0.2, -0.15) is 10.2 Å². The van der Waals surface area contributed by atoms with E-state index in [1.165, 1.54) is 25.7 Å². The lowest BCUT2D eigenvalue weighted by molar-refractivity contribution is 0.587. The van der Waals surface area contributed by atoms with Crippen LogP contribution in [-0.2, 0) is 0 Å². The molecule has 0 aromatic rings. The first-order valence-electron chi connectivity index (χ1n) is 5.13. The maximum atomic E-state index is 3.82. The Bertz CT molecular complexity index is 188. The first-order chi connectivity index (χ1) is 7.00. The molecule has 0 saturated carbocycles. The Morgan fingerprint density at radius 1 is 0.429 bits per heavy atom. The first kappa shape index (κ1) is 10.9. The molecule has 0 radical (unpaired) electrons. The van der Waals surface area contributed by atoms with Crippen molar-refractivity contribution >= 4 is 0 Å². The summed E-state index contributed by atoms with van der Waals surface area (Å²) in [5.74, 6) is 0. The Kier molecular flexibility index (Phi) is 6.53. The van der Waals surface area contributed by atoms with Gasteiger partial charge in [0.05, 0.1) is 13.1 Å². The molecule has 1 aliphatic heterocycles. The van der Waals surface area contributed by atoms with Crippen molar-refractivity contribution in [3.05, 3.63) is 0 Å². The molecule has 0 bridgehead atoms. The highest BCUT2D eigenvalue weighted by Gasteiger charge is 1.91. The van der Waals surface area contributed by atoms with Crippen molar-refractivity contribution in [1.82, 2.24) is 0 Å². The molecule has 6 heteroatoms. The van der Waals surface area contributed by atoms with Gasteiger partial charge in [0, 0.05) is 0 Å². The van der Waals surface area contributed by atoms with Crippen LogP contribution >= 0.6 is 0 Å². The second-order valence-electron chi connectivity index (χ2n) is 3.21. The molecule has 0 aliphatic carbocycles. The molecule has 0 atom stereocenters. The van der Waals surface area contributed by atoms with Crippen molar-refractivity contribution in [2.24, 2.45) is 31.1 Å². The minimum absolute atomic E-state index is 0.732. The molecule has 0 amide bonds. The Hall–Kier alpha value is -1.20. The maximum absolute atomic E-state index is 3.82. The fourth-order valence-electron chi connectivity index (χ4n) is 1.25. The number of hydrogen-bond acceptors (Lipinski definition) is 6. The van der Waals surface area contributed by atoms with Crippen LogP contribution in [-0.4, -0.2) is 13.1 Å².